The molecule has 1 aliphatic rings. The Morgan fingerprint density at radius 3 is 2.56 bits per heavy atom. The van der Waals surface area contributed by atoms with Gasteiger partial charge in [-0.25, -0.2) is 4.98 Å². The van der Waals surface area contributed by atoms with Crippen molar-refractivity contribution in [1.82, 2.24) is 4.98 Å². The van der Waals surface area contributed by atoms with Crippen LogP contribution in [0.3, 0.4) is 0 Å². The molecule has 0 radical (unpaired) electrons. The van der Waals surface area contributed by atoms with Crippen LogP contribution in [0.15, 0.2) is 24.3 Å². The van der Waals surface area contributed by atoms with Crippen LogP contribution in [0, 0.1) is 11.3 Å². The number of anilines is 1. The summed E-state index contributed by atoms with van der Waals surface area (Å²) in [6.45, 7) is 0.180. The van der Waals surface area contributed by atoms with E-state index in [1.54, 1.807) is 18.2 Å². The van der Waals surface area contributed by atoms with Crippen LogP contribution in [0.25, 0.3) is 0 Å². The first kappa shape index (κ1) is 23.7. The summed E-state index contributed by atoms with van der Waals surface area (Å²) < 4.78 is 53.8. The average Bonchev–Trinajstić information content (AvgIpc) is 2.73. The third-order valence-corrected chi connectivity index (χ3v) is 5.52. The maximum absolute atomic E-state index is 12.8. The van der Waals surface area contributed by atoms with Crippen molar-refractivity contribution in [2.45, 2.75) is 31.3 Å². The van der Waals surface area contributed by atoms with Crippen molar-refractivity contribution in [2.75, 3.05) is 19.5 Å². The standard InChI is InChI=1S/C21H22F3N3O4S/c1-29-15-7-6-13(16(9-15)30-2)10-26-20-18(19(25)12-4-3-5-12)17(8-14(11-28)27-20)31-32-21(22,23)24/h6-9,11-12,25H,3-5,10H2,1-2H3,(H,26,27). The minimum atomic E-state index is -4.65. The van der Waals surface area contributed by atoms with Crippen molar-refractivity contribution in [3.63, 3.8) is 0 Å². The topological polar surface area (TPSA) is 93.5 Å². The monoisotopic (exact) mass is 469 g/mol. The van der Waals surface area contributed by atoms with E-state index in [1.807, 2.05) is 0 Å². The van der Waals surface area contributed by atoms with E-state index in [0.29, 0.717) is 17.8 Å². The van der Waals surface area contributed by atoms with Gasteiger partial charge >= 0.3 is 5.51 Å². The SMILES string of the molecule is COc1ccc(CNc2nc(C=O)cc(OSC(F)(F)F)c2C(=N)C2CCC2)c(OC)c1. The Balaban J connectivity index is 1.97. The quantitative estimate of drug-likeness (QED) is 0.279. The highest BCUT2D eigenvalue weighted by atomic mass is 32.2. The molecule has 0 unspecified atom stereocenters. The second kappa shape index (κ2) is 10.1. The van der Waals surface area contributed by atoms with Crippen LogP contribution >= 0.6 is 12.0 Å². The summed E-state index contributed by atoms with van der Waals surface area (Å²) in [4.78, 5) is 15.6. The molecule has 7 nitrogen and oxygen atoms in total. The van der Waals surface area contributed by atoms with E-state index in [1.165, 1.54) is 14.2 Å². The zero-order valence-electron chi connectivity index (χ0n) is 17.4. The van der Waals surface area contributed by atoms with Crippen molar-refractivity contribution >= 4 is 29.9 Å². The van der Waals surface area contributed by atoms with Gasteiger partial charge in [0.05, 0.1) is 19.8 Å². The number of methoxy groups -OCH3 is 2. The predicted octanol–water partition coefficient (Wildman–Crippen LogP) is 5.24. The first-order valence-electron chi connectivity index (χ1n) is 9.72. The Kier molecular flexibility index (Phi) is 7.49. The fraction of sp³-hybridized carbons (Fsp3) is 0.381. The normalized spacial score (nSPS) is 13.8. The molecular formula is C21H22F3N3O4S. The van der Waals surface area contributed by atoms with Crippen LogP contribution < -0.4 is 19.0 Å². The van der Waals surface area contributed by atoms with E-state index >= 15 is 0 Å². The van der Waals surface area contributed by atoms with Crippen LogP contribution in [0.4, 0.5) is 19.0 Å². The van der Waals surface area contributed by atoms with E-state index in [4.69, 9.17) is 19.1 Å². The average molecular weight is 469 g/mol. The molecule has 2 aromatic rings. The molecule has 1 saturated carbocycles. The lowest BCUT2D eigenvalue weighted by atomic mass is 9.79. The molecule has 0 saturated heterocycles. The first-order chi connectivity index (χ1) is 15.3. The molecule has 2 N–H and O–H groups in total. The predicted molar refractivity (Wildman–Crippen MR) is 115 cm³/mol. The number of hydrogen-bond acceptors (Lipinski definition) is 8. The number of rotatable bonds is 10. The Hall–Kier alpha value is -2.95. The van der Waals surface area contributed by atoms with Crippen molar-refractivity contribution in [2.24, 2.45) is 5.92 Å². The number of hydrogen-bond donors (Lipinski definition) is 2. The van der Waals surface area contributed by atoms with E-state index < -0.39 is 17.6 Å². The molecule has 0 bridgehead atoms. The molecule has 0 atom stereocenters. The van der Waals surface area contributed by atoms with E-state index in [-0.39, 0.29) is 41.0 Å². The van der Waals surface area contributed by atoms with Crippen LogP contribution in [0.1, 0.15) is 40.9 Å². The fourth-order valence-corrected chi connectivity index (χ4v) is 3.54. The molecule has 3 rings (SSSR count). The number of pyridine rings is 1. The van der Waals surface area contributed by atoms with Crippen molar-refractivity contribution in [1.29, 1.82) is 5.41 Å². The van der Waals surface area contributed by atoms with Gasteiger partial charge < -0.3 is 24.4 Å². The summed E-state index contributed by atoms with van der Waals surface area (Å²) in [6.07, 6.45) is 2.87. The molecular weight excluding hydrogens is 447 g/mol. The number of benzene rings is 1. The Morgan fingerprint density at radius 2 is 2.00 bits per heavy atom. The third-order valence-electron chi connectivity index (χ3n) is 5.07. The maximum Gasteiger partial charge on any atom is 0.479 e. The van der Waals surface area contributed by atoms with Crippen molar-refractivity contribution in [3.8, 4) is 17.2 Å². The van der Waals surface area contributed by atoms with E-state index in [0.717, 1.165) is 30.9 Å². The number of aromatic nitrogens is 1. The molecule has 0 spiro atoms. The zero-order valence-corrected chi connectivity index (χ0v) is 18.2. The number of nitrogens with one attached hydrogen (secondary N) is 2. The molecule has 32 heavy (non-hydrogen) atoms. The Morgan fingerprint density at radius 1 is 1.25 bits per heavy atom. The number of alkyl halides is 3. The number of ether oxygens (including phenoxy) is 2. The van der Waals surface area contributed by atoms with Gasteiger partial charge in [0.1, 0.15) is 23.0 Å². The molecule has 1 aromatic carbocycles. The van der Waals surface area contributed by atoms with Crippen LogP contribution in [-0.2, 0) is 6.54 Å². The highest BCUT2D eigenvalue weighted by molar-refractivity contribution is 7.95. The van der Waals surface area contributed by atoms with Gasteiger partial charge in [-0.05, 0) is 25.0 Å². The summed E-state index contributed by atoms with van der Waals surface area (Å²) >= 11 is -0.694. The number of carbonyl (C=O) groups excluding carboxylic acids is 1. The number of halogens is 3. The lowest BCUT2D eigenvalue weighted by Gasteiger charge is -2.28. The molecule has 1 aromatic heterocycles. The van der Waals surface area contributed by atoms with Gasteiger partial charge in [-0.3, -0.25) is 4.79 Å². The highest BCUT2D eigenvalue weighted by Gasteiger charge is 2.34. The van der Waals surface area contributed by atoms with Crippen molar-refractivity contribution < 1.29 is 31.6 Å². The molecule has 172 valence electrons. The highest BCUT2D eigenvalue weighted by Crippen LogP contribution is 2.40. The largest absolute Gasteiger partial charge is 0.497 e. The fourth-order valence-electron chi connectivity index (χ4n) is 3.22. The van der Waals surface area contributed by atoms with Gasteiger partial charge in [-0.1, -0.05) is 6.42 Å². The second-order valence-corrected chi connectivity index (χ2v) is 7.87. The van der Waals surface area contributed by atoms with Crippen LogP contribution in [-0.4, -0.2) is 36.7 Å². The lowest BCUT2D eigenvalue weighted by Crippen LogP contribution is -2.24. The summed E-state index contributed by atoms with van der Waals surface area (Å²) in [5.74, 6) is 0.892. The summed E-state index contributed by atoms with van der Waals surface area (Å²) in [6, 6.07) is 6.31. The number of nitrogens with zero attached hydrogens (tertiary/aromatic N) is 1. The summed E-state index contributed by atoms with van der Waals surface area (Å²) in [7, 11) is 3.03. The molecule has 0 amide bonds. The van der Waals surface area contributed by atoms with E-state index in [9.17, 15) is 18.0 Å². The van der Waals surface area contributed by atoms with Gasteiger partial charge in [0, 0.05) is 35.9 Å². The Labute approximate surface area is 187 Å². The van der Waals surface area contributed by atoms with Gasteiger partial charge in [0.2, 0.25) is 0 Å². The van der Waals surface area contributed by atoms with Gasteiger partial charge in [0.15, 0.2) is 24.1 Å². The summed E-state index contributed by atoms with van der Waals surface area (Å²) in [5.41, 5.74) is -3.80. The lowest BCUT2D eigenvalue weighted by molar-refractivity contribution is -0.0369. The van der Waals surface area contributed by atoms with Crippen LogP contribution in [0.2, 0.25) is 0 Å². The molecule has 1 aliphatic carbocycles. The minimum Gasteiger partial charge on any atom is -0.497 e. The number of aldehydes is 1. The molecule has 1 heterocycles. The summed E-state index contributed by atoms with van der Waals surface area (Å²) in [5, 5.41) is 11.6. The van der Waals surface area contributed by atoms with E-state index in [2.05, 4.69) is 10.3 Å². The van der Waals surface area contributed by atoms with Crippen molar-refractivity contribution in [3.05, 3.63) is 41.1 Å². The minimum absolute atomic E-state index is 0.0992. The van der Waals surface area contributed by atoms with Gasteiger partial charge in [0.25, 0.3) is 0 Å². The smallest absolute Gasteiger partial charge is 0.479 e. The zero-order chi connectivity index (χ0) is 23.3. The first-order valence-corrected chi connectivity index (χ1v) is 10.5. The molecule has 11 heteroatoms. The van der Waals surface area contributed by atoms with Crippen LogP contribution in [0.5, 0.6) is 17.2 Å². The third kappa shape index (κ3) is 5.64. The number of carbonyl (C=O) groups is 1. The second-order valence-electron chi connectivity index (χ2n) is 7.07. The van der Waals surface area contributed by atoms with Gasteiger partial charge in [-0.2, -0.15) is 13.2 Å². The molecule has 0 aliphatic heterocycles. The Bertz CT molecular complexity index is 997. The molecule has 1 fully saturated rings. The van der Waals surface area contributed by atoms with Gasteiger partial charge in [-0.15, -0.1) is 0 Å². The maximum atomic E-state index is 12.8.